The minimum Gasteiger partial charge on any atom is -0.396 e. The Labute approximate surface area is 88.0 Å². The molecule has 1 fully saturated rings. The van der Waals surface area contributed by atoms with Gasteiger partial charge in [0.15, 0.2) is 0 Å². The zero-order valence-electron chi connectivity index (χ0n) is 7.38. The van der Waals surface area contributed by atoms with Crippen LogP contribution in [0, 0.1) is 5.92 Å². The first-order chi connectivity index (χ1) is 5.74. The molecule has 3 heteroatoms. The van der Waals surface area contributed by atoms with Crippen molar-refractivity contribution in [3.63, 3.8) is 0 Å². The van der Waals surface area contributed by atoms with E-state index in [-0.39, 0.29) is 0 Å². The Morgan fingerprint density at radius 1 is 1.25 bits per heavy atom. The Kier molecular flexibility index (Phi) is 4.82. The van der Waals surface area contributed by atoms with Gasteiger partial charge in [0, 0.05) is 16.6 Å². The maximum absolute atomic E-state index is 8.81. The molecule has 1 saturated carbocycles. The molecular weight excluding hydrogens is 265 g/mol. The summed E-state index contributed by atoms with van der Waals surface area (Å²) in [6.07, 6.45) is 5.80. The Bertz CT molecular complexity index is 120. The molecule has 72 valence electrons. The molecule has 1 aliphatic rings. The normalized spacial score (nSPS) is 37.8. The molecule has 2 unspecified atom stereocenters. The third kappa shape index (κ3) is 3.18. The van der Waals surface area contributed by atoms with Crippen LogP contribution in [0.2, 0.25) is 0 Å². The molecule has 0 amide bonds. The van der Waals surface area contributed by atoms with E-state index in [2.05, 4.69) is 22.6 Å². The molecule has 1 rings (SSSR count). The van der Waals surface area contributed by atoms with Crippen molar-refractivity contribution in [2.45, 2.75) is 42.1 Å². The smallest absolute Gasteiger partial charge is 0.0433 e. The molecule has 1 aliphatic carbocycles. The van der Waals surface area contributed by atoms with Crippen molar-refractivity contribution in [2.75, 3.05) is 6.61 Å². The number of aliphatic hydroxyl groups excluding tert-OH is 1. The van der Waals surface area contributed by atoms with E-state index < -0.39 is 0 Å². The predicted molar refractivity (Wildman–Crippen MR) is 59.4 cm³/mol. The van der Waals surface area contributed by atoms with E-state index in [9.17, 15) is 0 Å². The summed E-state index contributed by atoms with van der Waals surface area (Å²) in [5.74, 6) is 0.723. The number of hydrogen-bond donors (Lipinski definition) is 2. The largest absolute Gasteiger partial charge is 0.396 e. The molecular formula is C9H18INO. The van der Waals surface area contributed by atoms with Gasteiger partial charge in [0.2, 0.25) is 0 Å². The fraction of sp³-hybridized carbons (Fsp3) is 1.00. The van der Waals surface area contributed by atoms with E-state index in [4.69, 9.17) is 10.8 Å². The summed E-state index contributed by atoms with van der Waals surface area (Å²) >= 11 is 2.46. The molecule has 0 aromatic rings. The van der Waals surface area contributed by atoms with Crippen LogP contribution in [0.4, 0.5) is 0 Å². The van der Waals surface area contributed by atoms with E-state index >= 15 is 0 Å². The summed E-state index contributed by atoms with van der Waals surface area (Å²) in [6.45, 7) is 0.339. The van der Waals surface area contributed by atoms with Gasteiger partial charge in [-0.1, -0.05) is 22.6 Å². The van der Waals surface area contributed by atoms with Gasteiger partial charge < -0.3 is 10.8 Å². The van der Waals surface area contributed by atoms with E-state index in [0.717, 1.165) is 18.8 Å². The topological polar surface area (TPSA) is 46.2 Å². The highest BCUT2D eigenvalue weighted by Gasteiger charge is 2.22. The maximum atomic E-state index is 8.81. The summed E-state index contributed by atoms with van der Waals surface area (Å²) in [7, 11) is 0. The zero-order valence-corrected chi connectivity index (χ0v) is 9.53. The van der Waals surface area contributed by atoms with Gasteiger partial charge in [-0.3, -0.25) is 0 Å². The van der Waals surface area contributed by atoms with Crippen molar-refractivity contribution in [1.29, 1.82) is 0 Å². The third-order valence-corrected chi connectivity index (χ3v) is 4.31. The van der Waals surface area contributed by atoms with Gasteiger partial charge in [-0.2, -0.15) is 0 Å². The Hall–Kier alpha value is 0.650. The van der Waals surface area contributed by atoms with Crippen molar-refractivity contribution >= 4 is 22.6 Å². The standard InChI is InChI=1S/C9H18INO/c10-8-3-1-7(5-6-12)2-4-9(8)11/h7-9,12H,1-6,11H2/t7?,8-,9?/m1/s1. The quantitative estimate of drug-likeness (QED) is 0.460. The van der Waals surface area contributed by atoms with E-state index in [1.807, 2.05) is 0 Å². The first kappa shape index (κ1) is 10.7. The second kappa shape index (κ2) is 5.40. The molecule has 0 aromatic heterocycles. The van der Waals surface area contributed by atoms with Gasteiger partial charge in [-0.05, 0) is 38.0 Å². The Morgan fingerprint density at radius 3 is 2.58 bits per heavy atom. The van der Waals surface area contributed by atoms with Crippen LogP contribution in [0.15, 0.2) is 0 Å². The number of aliphatic hydroxyl groups is 1. The van der Waals surface area contributed by atoms with Crippen molar-refractivity contribution in [1.82, 2.24) is 0 Å². The number of rotatable bonds is 2. The fourth-order valence-electron chi connectivity index (χ4n) is 1.83. The van der Waals surface area contributed by atoms with E-state index in [0.29, 0.717) is 16.6 Å². The molecule has 0 heterocycles. The average molecular weight is 283 g/mol. The Balaban J connectivity index is 2.33. The van der Waals surface area contributed by atoms with Crippen LogP contribution in [-0.2, 0) is 0 Å². The van der Waals surface area contributed by atoms with Crippen LogP contribution in [-0.4, -0.2) is 21.7 Å². The molecule has 3 atom stereocenters. The zero-order chi connectivity index (χ0) is 8.97. The van der Waals surface area contributed by atoms with Gasteiger partial charge in [0.25, 0.3) is 0 Å². The third-order valence-electron chi connectivity index (χ3n) is 2.76. The first-order valence-electron chi connectivity index (χ1n) is 4.74. The highest BCUT2D eigenvalue weighted by Crippen LogP contribution is 2.28. The summed E-state index contributed by atoms with van der Waals surface area (Å²) in [6, 6.07) is 0.384. The molecule has 0 aromatic carbocycles. The molecule has 3 N–H and O–H groups in total. The minimum absolute atomic E-state index is 0.339. The van der Waals surface area contributed by atoms with Crippen molar-refractivity contribution in [3.8, 4) is 0 Å². The highest BCUT2D eigenvalue weighted by molar-refractivity contribution is 14.1. The molecule has 0 spiro atoms. The average Bonchev–Trinajstić information content (AvgIpc) is 2.20. The van der Waals surface area contributed by atoms with Gasteiger partial charge in [-0.15, -0.1) is 0 Å². The SMILES string of the molecule is NC1CCC(CCO)CC[C@H]1I. The van der Waals surface area contributed by atoms with Crippen LogP contribution in [0.3, 0.4) is 0 Å². The second-order valence-corrected chi connectivity index (χ2v) is 5.31. The molecule has 12 heavy (non-hydrogen) atoms. The van der Waals surface area contributed by atoms with Crippen LogP contribution in [0.1, 0.15) is 32.1 Å². The van der Waals surface area contributed by atoms with E-state index in [1.54, 1.807) is 0 Å². The van der Waals surface area contributed by atoms with E-state index in [1.165, 1.54) is 19.3 Å². The highest BCUT2D eigenvalue weighted by atomic mass is 127. The number of halogens is 1. The van der Waals surface area contributed by atoms with Gasteiger partial charge in [0.05, 0.1) is 0 Å². The lowest BCUT2D eigenvalue weighted by atomic mass is 9.97. The lowest BCUT2D eigenvalue weighted by molar-refractivity contribution is 0.247. The number of nitrogens with two attached hydrogens (primary N) is 1. The molecule has 0 aliphatic heterocycles. The summed E-state index contributed by atoms with van der Waals surface area (Å²) in [5.41, 5.74) is 5.97. The molecule has 0 bridgehead atoms. The van der Waals surface area contributed by atoms with Crippen molar-refractivity contribution < 1.29 is 5.11 Å². The predicted octanol–water partition coefficient (Wildman–Crippen LogP) is 1.69. The first-order valence-corrected chi connectivity index (χ1v) is 5.99. The lowest BCUT2D eigenvalue weighted by Crippen LogP contribution is -2.28. The molecule has 0 saturated heterocycles. The van der Waals surface area contributed by atoms with Crippen LogP contribution < -0.4 is 5.73 Å². The number of alkyl halides is 1. The summed E-state index contributed by atoms with van der Waals surface area (Å²) < 4.78 is 0.645. The summed E-state index contributed by atoms with van der Waals surface area (Å²) in [4.78, 5) is 0. The van der Waals surface area contributed by atoms with Crippen LogP contribution >= 0.6 is 22.6 Å². The number of hydrogen-bond acceptors (Lipinski definition) is 2. The molecule has 0 radical (unpaired) electrons. The van der Waals surface area contributed by atoms with Crippen molar-refractivity contribution in [2.24, 2.45) is 11.7 Å². The van der Waals surface area contributed by atoms with Gasteiger partial charge >= 0.3 is 0 Å². The minimum atomic E-state index is 0.339. The fourth-order valence-corrected chi connectivity index (χ4v) is 2.55. The second-order valence-electron chi connectivity index (χ2n) is 3.71. The monoisotopic (exact) mass is 283 g/mol. The van der Waals surface area contributed by atoms with Crippen LogP contribution in [0.5, 0.6) is 0 Å². The van der Waals surface area contributed by atoms with Crippen LogP contribution in [0.25, 0.3) is 0 Å². The van der Waals surface area contributed by atoms with Gasteiger partial charge in [-0.25, -0.2) is 0 Å². The maximum Gasteiger partial charge on any atom is 0.0433 e. The lowest BCUT2D eigenvalue weighted by Gasteiger charge is -2.12. The molecule has 2 nitrogen and oxygen atoms in total. The van der Waals surface area contributed by atoms with Gasteiger partial charge in [0.1, 0.15) is 0 Å². The Morgan fingerprint density at radius 2 is 1.92 bits per heavy atom. The van der Waals surface area contributed by atoms with Crippen molar-refractivity contribution in [3.05, 3.63) is 0 Å². The summed E-state index contributed by atoms with van der Waals surface area (Å²) in [5, 5.41) is 8.81.